The van der Waals surface area contributed by atoms with E-state index in [0.717, 1.165) is 11.1 Å². The van der Waals surface area contributed by atoms with E-state index in [1.165, 1.54) is 57.2 Å². The standard InChI is InChI=1S/C41H33F3N8/c1-38(2)14-6-22-23(7-15-38)31-45-30(22)46-32-24-8-16-39(3,42)18-10-26(24)34(48-32)50-36-28-12-20-41(5,44)21-13-29(28)37(52-36)51-35-27-11-19-40(4,43)17-9-25(27)33(47-31)49-35/h6-21H,1-5H3,(H2,45,46,47,48,49,50,51,52). The van der Waals surface area contributed by atoms with E-state index in [1.807, 2.05) is 12.2 Å². The number of aromatic nitrogens is 8. The van der Waals surface area contributed by atoms with Crippen LogP contribution in [0.4, 0.5) is 13.2 Å². The van der Waals surface area contributed by atoms with Crippen LogP contribution < -0.4 is 0 Å². The molecule has 0 spiro atoms. The van der Waals surface area contributed by atoms with Crippen molar-refractivity contribution in [2.75, 3.05) is 0 Å². The summed E-state index contributed by atoms with van der Waals surface area (Å²) in [5.74, 6) is 1.33. The molecule has 8 bridgehead atoms. The predicted octanol–water partition coefficient (Wildman–Crippen LogP) is 9.26. The molecule has 0 radical (unpaired) electrons. The number of allylic oxidation sites excluding steroid dienone is 16. The number of aromatic amines is 2. The molecule has 2 unspecified atom stereocenters. The summed E-state index contributed by atoms with van der Waals surface area (Å²) in [6.45, 7) is 8.59. The zero-order valence-corrected chi connectivity index (χ0v) is 29.1. The number of nitrogens with one attached hydrogen (secondary N) is 2. The number of halogens is 3. The van der Waals surface area contributed by atoms with Crippen LogP contribution in [0.3, 0.4) is 0 Å². The Bertz CT molecular complexity index is 2280. The minimum absolute atomic E-state index is 0.258. The number of nitrogens with zero attached hydrogens (tertiary/aromatic N) is 6. The fourth-order valence-corrected chi connectivity index (χ4v) is 6.67. The Morgan fingerprint density at radius 1 is 0.365 bits per heavy atom. The number of fused-ring (bicyclic) bond motifs is 18. The van der Waals surface area contributed by atoms with Crippen molar-refractivity contribution in [2.45, 2.75) is 51.6 Å². The Morgan fingerprint density at radius 3 is 0.904 bits per heavy atom. The van der Waals surface area contributed by atoms with Gasteiger partial charge in [0.25, 0.3) is 0 Å². The maximum absolute atomic E-state index is 15.4. The second kappa shape index (κ2) is 10.8. The average molecular weight is 695 g/mol. The summed E-state index contributed by atoms with van der Waals surface area (Å²) >= 11 is 0. The predicted molar refractivity (Wildman–Crippen MR) is 201 cm³/mol. The second-order valence-electron chi connectivity index (χ2n) is 14.9. The molecule has 3 aromatic rings. The van der Waals surface area contributed by atoms with Crippen LogP contribution in [0.15, 0.2) is 72.9 Å². The van der Waals surface area contributed by atoms with E-state index in [9.17, 15) is 0 Å². The summed E-state index contributed by atoms with van der Waals surface area (Å²) in [5, 5.41) is 0. The molecule has 5 heterocycles. The highest BCUT2D eigenvalue weighted by molar-refractivity contribution is 6.02. The third-order valence-electron chi connectivity index (χ3n) is 9.73. The van der Waals surface area contributed by atoms with Gasteiger partial charge >= 0.3 is 0 Å². The SMILES string of the molecule is CC1(C)C=CC2=C(C=C1)c1nc2nc2[nH]c(nc3nc(nc4[nH]c(n1)c1c4C=CC(C)(F)C=C1)C1=C3C=CC(C)(F)C=C1)c1c2C=CC(C)(F)C=C1. The van der Waals surface area contributed by atoms with E-state index in [0.29, 0.717) is 67.6 Å². The van der Waals surface area contributed by atoms with E-state index >= 15 is 13.2 Å². The van der Waals surface area contributed by atoms with Crippen LogP contribution in [-0.2, 0) is 0 Å². The van der Waals surface area contributed by atoms with Crippen LogP contribution in [0.1, 0.15) is 80.2 Å². The lowest BCUT2D eigenvalue weighted by atomic mass is 9.93. The molecule has 2 atom stereocenters. The van der Waals surface area contributed by atoms with Gasteiger partial charge in [-0.1, -0.05) is 74.6 Å². The van der Waals surface area contributed by atoms with Crippen molar-refractivity contribution in [2.24, 2.45) is 5.41 Å². The van der Waals surface area contributed by atoms with E-state index in [1.54, 1.807) is 36.5 Å². The van der Waals surface area contributed by atoms with E-state index in [2.05, 4.69) is 36.0 Å². The first kappa shape index (κ1) is 32.0. The zero-order chi connectivity index (χ0) is 36.2. The highest BCUT2D eigenvalue weighted by Crippen LogP contribution is 2.39. The van der Waals surface area contributed by atoms with Gasteiger partial charge in [-0.05, 0) is 57.2 Å². The first-order chi connectivity index (χ1) is 24.6. The van der Waals surface area contributed by atoms with Gasteiger partial charge in [-0.15, -0.1) is 0 Å². The third kappa shape index (κ3) is 5.47. The quantitative estimate of drug-likeness (QED) is 0.243. The van der Waals surface area contributed by atoms with Crippen LogP contribution in [-0.4, -0.2) is 56.9 Å². The molecular formula is C41H33F3N8. The molecule has 2 aliphatic heterocycles. The molecule has 0 fully saturated rings. The molecule has 52 heavy (non-hydrogen) atoms. The molecule has 8 nitrogen and oxygen atoms in total. The second-order valence-corrected chi connectivity index (χ2v) is 14.9. The summed E-state index contributed by atoms with van der Waals surface area (Å²) in [6.07, 6.45) is 26.9. The van der Waals surface area contributed by atoms with Crippen molar-refractivity contribution in [3.8, 4) is 0 Å². The summed E-state index contributed by atoms with van der Waals surface area (Å²) in [7, 11) is 0. The molecule has 258 valence electrons. The lowest BCUT2D eigenvalue weighted by molar-refractivity contribution is 0.328. The minimum atomic E-state index is -1.73. The maximum atomic E-state index is 15.4. The van der Waals surface area contributed by atoms with Crippen molar-refractivity contribution in [3.05, 3.63) is 118 Å². The minimum Gasteiger partial charge on any atom is -0.324 e. The van der Waals surface area contributed by atoms with E-state index in [-0.39, 0.29) is 17.1 Å². The normalized spacial score (nSPS) is 26.5. The van der Waals surface area contributed by atoms with Gasteiger partial charge in [-0.2, -0.15) is 0 Å². The monoisotopic (exact) mass is 694 g/mol. The molecule has 0 aromatic carbocycles. The van der Waals surface area contributed by atoms with Gasteiger partial charge in [-0.3, -0.25) is 0 Å². The molecule has 6 aliphatic rings. The van der Waals surface area contributed by atoms with Crippen molar-refractivity contribution in [1.82, 2.24) is 39.9 Å². The first-order valence-corrected chi connectivity index (χ1v) is 17.0. The molecule has 0 saturated heterocycles. The zero-order valence-electron chi connectivity index (χ0n) is 29.1. The lowest BCUT2D eigenvalue weighted by Crippen LogP contribution is -2.08. The molecule has 0 saturated carbocycles. The number of H-pyrrole nitrogens is 2. The number of alkyl halides is 3. The Morgan fingerprint density at radius 2 is 0.615 bits per heavy atom. The van der Waals surface area contributed by atoms with Crippen molar-refractivity contribution < 1.29 is 13.2 Å². The van der Waals surface area contributed by atoms with Crippen LogP contribution in [0.2, 0.25) is 0 Å². The molecule has 9 rings (SSSR count). The summed E-state index contributed by atoms with van der Waals surface area (Å²) in [4.78, 5) is 36.5. The first-order valence-electron chi connectivity index (χ1n) is 17.0. The Balaban J connectivity index is 1.45. The van der Waals surface area contributed by atoms with Gasteiger partial charge in [-0.25, -0.2) is 43.1 Å². The smallest absolute Gasteiger partial charge is 0.164 e. The molecule has 11 heteroatoms. The lowest BCUT2D eigenvalue weighted by Gasteiger charge is -2.12. The number of rotatable bonds is 0. The Kier molecular flexibility index (Phi) is 6.62. The molecule has 2 N–H and O–H groups in total. The average Bonchev–Trinajstić information content (AvgIpc) is 3.62. The third-order valence-corrected chi connectivity index (χ3v) is 9.73. The number of hydrogen-bond acceptors (Lipinski definition) is 6. The van der Waals surface area contributed by atoms with Gasteiger partial charge in [0.1, 0.15) is 39.6 Å². The van der Waals surface area contributed by atoms with Crippen molar-refractivity contribution in [1.29, 1.82) is 0 Å². The Hall–Kier alpha value is -5.97. The Labute approximate surface area is 297 Å². The summed E-state index contributed by atoms with van der Waals surface area (Å²) in [5.41, 5.74) is 1.18. The van der Waals surface area contributed by atoms with Gasteiger partial charge in [0.15, 0.2) is 23.3 Å². The van der Waals surface area contributed by atoms with Gasteiger partial charge < -0.3 is 9.97 Å². The largest absolute Gasteiger partial charge is 0.324 e. The summed E-state index contributed by atoms with van der Waals surface area (Å²) in [6, 6.07) is 0. The van der Waals surface area contributed by atoms with Gasteiger partial charge in [0.05, 0.1) is 0 Å². The van der Waals surface area contributed by atoms with Gasteiger partial charge in [0.2, 0.25) is 0 Å². The van der Waals surface area contributed by atoms with Crippen LogP contribution in [0.25, 0.3) is 69.2 Å². The highest BCUT2D eigenvalue weighted by Gasteiger charge is 2.29. The van der Waals surface area contributed by atoms with Crippen LogP contribution >= 0.6 is 0 Å². The van der Waals surface area contributed by atoms with Crippen LogP contribution in [0.5, 0.6) is 0 Å². The van der Waals surface area contributed by atoms with Gasteiger partial charge in [0, 0.05) is 50.0 Å². The molecule has 3 aromatic heterocycles. The fraction of sp³-hybridized carbons (Fsp3) is 0.220. The summed E-state index contributed by atoms with van der Waals surface area (Å²) < 4.78 is 46.1. The highest BCUT2D eigenvalue weighted by atomic mass is 19.2. The topological polar surface area (TPSA) is 109 Å². The van der Waals surface area contributed by atoms with Crippen molar-refractivity contribution >= 4 is 69.2 Å². The van der Waals surface area contributed by atoms with Crippen LogP contribution in [0, 0.1) is 5.41 Å². The molecule has 4 aliphatic carbocycles. The molecule has 0 amide bonds. The van der Waals surface area contributed by atoms with E-state index in [4.69, 9.17) is 29.9 Å². The van der Waals surface area contributed by atoms with E-state index < -0.39 is 17.0 Å². The van der Waals surface area contributed by atoms with Crippen molar-refractivity contribution in [3.63, 3.8) is 0 Å². The maximum Gasteiger partial charge on any atom is 0.164 e. The molecular weight excluding hydrogens is 662 g/mol. The number of hydrogen-bond donors (Lipinski definition) is 2. The fourth-order valence-electron chi connectivity index (χ4n) is 6.67.